The van der Waals surface area contributed by atoms with Crippen molar-refractivity contribution in [1.82, 2.24) is 15.5 Å². The van der Waals surface area contributed by atoms with Gasteiger partial charge in [0.25, 0.3) is 0 Å². The number of nitrogens with zero attached hydrogens (tertiary/aromatic N) is 2. The van der Waals surface area contributed by atoms with E-state index < -0.39 is 0 Å². The zero-order valence-electron chi connectivity index (χ0n) is 16.6. The maximum atomic E-state index is 11.8. The van der Waals surface area contributed by atoms with Crippen LogP contribution >= 0.6 is 24.0 Å². The molecule has 26 heavy (non-hydrogen) atoms. The van der Waals surface area contributed by atoms with Gasteiger partial charge < -0.3 is 15.5 Å². The maximum Gasteiger partial charge on any atom is 0.243 e. The van der Waals surface area contributed by atoms with Crippen molar-refractivity contribution in [3.05, 3.63) is 34.9 Å². The van der Waals surface area contributed by atoms with E-state index in [1.165, 1.54) is 42.4 Å². The zero-order chi connectivity index (χ0) is 18.4. The summed E-state index contributed by atoms with van der Waals surface area (Å²) in [6, 6.07) is 7.18. The quantitative estimate of drug-likeness (QED) is 0.393. The minimum atomic E-state index is -0.00806. The van der Waals surface area contributed by atoms with Crippen LogP contribution in [-0.4, -0.2) is 43.4 Å². The molecule has 146 valence electrons. The van der Waals surface area contributed by atoms with Crippen molar-refractivity contribution in [3.63, 3.8) is 0 Å². The fourth-order valence-corrected chi connectivity index (χ4v) is 3.01. The molecule has 0 aromatic heterocycles. The van der Waals surface area contributed by atoms with Gasteiger partial charge in [0.1, 0.15) is 6.54 Å². The highest BCUT2D eigenvalue weighted by atomic mass is 127. The number of likely N-dealkylation sites (N-methyl/N-ethyl adjacent to an activating group) is 1. The number of guanidine groups is 1. The number of carbonyl (C=O) groups excluding carboxylic acids is 1. The number of rotatable bonds is 5. The number of carbonyl (C=O) groups is 1. The van der Waals surface area contributed by atoms with Crippen molar-refractivity contribution in [2.75, 3.05) is 20.6 Å². The van der Waals surface area contributed by atoms with Crippen molar-refractivity contribution in [3.8, 4) is 0 Å². The first kappa shape index (κ1) is 22.7. The first-order valence-electron chi connectivity index (χ1n) is 9.26. The Labute approximate surface area is 175 Å². The summed E-state index contributed by atoms with van der Waals surface area (Å²) < 4.78 is 0. The second-order valence-electron chi connectivity index (χ2n) is 7.35. The Morgan fingerprint density at radius 3 is 2.38 bits per heavy atom. The fourth-order valence-electron chi connectivity index (χ4n) is 3.01. The molecular weight excluding hydrogens is 439 g/mol. The molecule has 0 saturated carbocycles. The minimum Gasteiger partial charge on any atom is -0.354 e. The summed E-state index contributed by atoms with van der Waals surface area (Å²) in [5.41, 5.74) is 4.24. The number of hydrogen-bond acceptors (Lipinski definition) is 2. The van der Waals surface area contributed by atoms with Gasteiger partial charge in [-0.2, -0.15) is 0 Å². The summed E-state index contributed by atoms with van der Waals surface area (Å²) >= 11 is 0. The number of benzene rings is 1. The SMILES string of the molecule is CC(C)NC(=NCC(=O)N(C)C)NC(C)c1ccc2c(c1)CCCC2.I. The van der Waals surface area contributed by atoms with E-state index >= 15 is 0 Å². The van der Waals surface area contributed by atoms with Gasteiger partial charge in [-0.15, -0.1) is 24.0 Å². The van der Waals surface area contributed by atoms with Crippen LogP contribution < -0.4 is 10.6 Å². The van der Waals surface area contributed by atoms with E-state index in [9.17, 15) is 4.79 Å². The van der Waals surface area contributed by atoms with E-state index in [2.05, 4.69) is 54.6 Å². The molecular formula is C20H33IN4O. The number of aliphatic imine (C=N–C) groups is 1. The molecule has 0 heterocycles. The van der Waals surface area contributed by atoms with Crippen molar-refractivity contribution in [2.24, 2.45) is 4.99 Å². The Kier molecular flexibility index (Phi) is 9.39. The predicted molar refractivity (Wildman–Crippen MR) is 119 cm³/mol. The lowest BCUT2D eigenvalue weighted by molar-refractivity contribution is -0.127. The minimum absolute atomic E-state index is 0. The van der Waals surface area contributed by atoms with Gasteiger partial charge in [0, 0.05) is 20.1 Å². The Balaban J connectivity index is 0.00000338. The molecule has 1 unspecified atom stereocenters. The summed E-state index contributed by atoms with van der Waals surface area (Å²) in [6.45, 7) is 6.41. The molecule has 2 N–H and O–H groups in total. The molecule has 1 amide bonds. The molecule has 0 bridgehead atoms. The normalized spacial score (nSPS) is 14.9. The monoisotopic (exact) mass is 472 g/mol. The molecule has 1 atom stereocenters. The van der Waals surface area contributed by atoms with Crippen LogP contribution in [0.5, 0.6) is 0 Å². The second-order valence-corrected chi connectivity index (χ2v) is 7.35. The molecule has 1 aromatic rings. The molecule has 0 aliphatic heterocycles. The molecule has 5 nitrogen and oxygen atoms in total. The van der Waals surface area contributed by atoms with Crippen molar-refractivity contribution in [1.29, 1.82) is 0 Å². The second kappa shape index (κ2) is 10.7. The Morgan fingerprint density at radius 2 is 1.77 bits per heavy atom. The van der Waals surface area contributed by atoms with Gasteiger partial charge >= 0.3 is 0 Å². The van der Waals surface area contributed by atoms with Gasteiger partial charge in [-0.05, 0) is 63.1 Å². The first-order chi connectivity index (χ1) is 11.9. The average molecular weight is 472 g/mol. The largest absolute Gasteiger partial charge is 0.354 e. The Bertz CT molecular complexity index is 628. The fraction of sp³-hybridized carbons (Fsp3) is 0.600. The molecule has 1 aromatic carbocycles. The van der Waals surface area contributed by atoms with Gasteiger partial charge in [-0.3, -0.25) is 4.79 Å². The summed E-state index contributed by atoms with van der Waals surface area (Å²) in [7, 11) is 3.49. The van der Waals surface area contributed by atoms with Crippen LogP contribution in [0.3, 0.4) is 0 Å². The summed E-state index contributed by atoms with van der Waals surface area (Å²) in [4.78, 5) is 17.8. The highest BCUT2D eigenvalue weighted by molar-refractivity contribution is 14.0. The van der Waals surface area contributed by atoms with E-state index in [0.717, 1.165) is 0 Å². The van der Waals surface area contributed by atoms with Crippen LogP contribution in [0.1, 0.15) is 56.3 Å². The van der Waals surface area contributed by atoms with Crippen LogP contribution in [-0.2, 0) is 17.6 Å². The number of halogens is 1. The molecule has 1 aliphatic rings. The molecule has 0 saturated heterocycles. The van der Waals surface area contributed by atoms with Gasteiger partial charge in [-0.25, -0.2) is 4.99 Å². The third-order valence-corrected chi connectivity index (χ3v) is 4.52. The first-order valence-corrected chi connectivity index (χ1v) is 9.26. The number of nitrogens with one attached hydrogen (secondary N) is 2. The summed E-state index contributed by atoms with van der Waals surface area (Å²) in [5, 5.41) is 6.74. The van der Waals surface area contributed by atoms with Gasteiger partial charge in [0.15, 0.2) is 5.96 Å². The van der Waals surface area contributed by atoms with Crippen LogP contribution in [0.4, 0.5) is 0 Å². The third-order valence-electron chi connectivity index (χ3n) is 4.52. The van der Waals surface area contributed by atoms with Crippen molar-refractivity contribution >= 4 is 35.8 Å². The van der Waals surface area contributed by atoms with E-state index in [0.29, 0.717) is 5.96 Å². The van der Waals surface area contributed by atoms with E-state index in [1.807, 2.05) is 0 Å². The van der Waals surface area contributed by atoms with Crippen LogP contribution in [0.2, 0.25) is 0 Å². The van der Waals surface area contributed by atoms with Crippen molar-refractivity contribution < 1.29 is 4.79 Å². The number of amides is 1. The third kappa shape index (κ3) is 6.78. The van der Waals surface area contributed by atoms with Gasteiger partial charge in [0.05, 0.1) is 6.04 Å². The molecule has 6 heteroatoms. The average Bonchev–Trinajstić information content (AvgIpc) is 2.58. The number of aryl methyl sites for hydroxylation is 2. The molecule has 2 rings (SSSR count). The van der Waals surface area contributed by atoms with E-state index in [4.69, 9.17) is 0 Å². The van der Waals surface area contributed by atoms with Crippen molar-refractivity contribution in [2.45, 2.75) is 58.5 Å². The van der Waals surface area contributed by atoms with E-state index in [1.54, 1.807) is 19.0 Å². The van der Waals surface area contributed by atoms with E-state index in [-0.39, 0.29) is 48.5 Å². The van der Waals surface area contributed by atoms with Crippen LogP contribution in [0, 0.1) is 0 Å². The zero-order valence-corrected chi connectivity index (χ0v) is 19.0. The summed E-state index contributed by atoms with van der Waals surface area (Å²) in [5.74, 6) is 0.668. The molecule has 0 fully saturated rings. The highest BCUT2D eigenvalue weighted by Crippen LogP contribution is 2.24. The number of fused-ring (bicyclic) bond motifs is 1. The Morgan fingerprint density at radius 1 is 1.12 bits per heavy atom. The van der Waals surface area contributed by atoms with Gasteiger partial charge in [-0.1, -0.05) is 18.2 Å². The number of hydrogen-bond donors (Lipinski definition) is 2. The lowest BCUT2D eigenvalue weighted by Gasteiger charge is -2.23. The van der Waals surface area contributed by atoms with Crippen LogP contribution in [0.15, 0.2) is 23.2 Å². The Hall–Kier alpha value is -1.31. The lowest BCUT2D eigenvalue weighted by Crippen LogP contribution is -2.43. The molecule has 0 spiro atoms. The maximum absolute atomic E-state index is 11.8. The summed E-state index contributed by atoms with van der Waals surface area (Å²) in [6.07, 6.45) is 4.96. The highest BCUT2D eigenvalue weighted by Gasteiger charge is 2.14. The van der Waals surface area contributed by atoms with Crippen LogP contribution in [0.25, 0.3) is 0 Å². The molecule has 0 radical (unpaired) electrons. The standard InChI is InChI=1S/C20H32N4O.HI/c1-14(2)22-20(21-13-19(25)24(4)5)23-15(3)17-11-10-16-8-6-7-9-18(16)12-17;/h10-12,14-15H,6-9,13H2,1-5H3,(H2,21,22,23);1H. The smallest absolute Gasteiger partial charge is 0.243 e. The molecule has 1 aliphatic carbocycles. The predicted octanol–water partition coefficient (Wildman–Crippen LogP) is 3.28. The lowest BCUT2D eigenvalue weighted by atomic mass is 9.89. The van der Waals surface area contributed by atoms with Gasteiger partial charge in [0.2, 0.25) is 5.91 Å². The topological polar surface area (TPSA) is 56.7 Å².